The van der Waals surface area contributed by atoms with E-state index >= 15 is 0 Å². The minimum absolute atomic E-state index is 0. The molecule has 5 aromatic carbocycles. The van der Waals surface area contributed by atoms with Crippen molar-refractivity contribution in [2.24, 2.45) is 0 Å². The van der Waals surface area contributed by atoms with Crippen molar-refractivity contribution >= 4 is 31.9 Å². The van der Waals surface area contributed by atoms with Gasteiger partial charge in [0.15, 0.2) is 0 Å². The van der Waals surface area contributed by atoms with Crippen molar-refractivity contribution in [3.8, 4) is 67.0 Å². The Bertz CT molecular complexity index is 2110. The quantitative estimate of drug-likeness (QED) is 0.155. The number of hydrogen-bond donors (Lipinski definition) is 0. The van der Waals surface area contributed by atoms with Crippen LogP contribution in [0.1, 0.15) is 22.3 Å². The Hall–Kier alpha value is -3.34. The molecule has 0 aliphatic heterocycles. The van der Waals surface area contributed by atoms with E-state index in [1.165, 1.54) is 55.6 Å². The van der Waals surface area contributed by atoms with Crippen LogP contribution in [0.2, 0.25) is 0 Å². The largest absolute Gasteiger partial charge is 0.305 e. The van der Waals surface area contributed by atoms with Crippen LogP contribution in [0, 0.1) is 39.8 Å². The maximum Gasteiger partial charge on any atom is 0.0160 e. The Balaban J connectivity index is 0.00000243. The van der Waals surface area contributed by atoms with Gasteiger partial charge in [0.2, 0.25) is 0 Å². The van der Waals surface area contributed by atoms with Crippen molar-refractivity contribution in [2.45, 2.75) is 27.7 Å². The summed E-state index contributed by atoms with van der Waals surface area (Å²) in [6.45, 7) is 9.04. The Morgan fingerprint density at radius 1 is 0.440 bits per heavy atom. The van der Waals surface area contributed by atoms with Crippen LogP contribution >= 0.6 is 31.9 Å². The number of pyridine rings is 2. The summed E-state index contributed by atoms with van der Waals surface area (Å²) in [5.74, 6) is 0. The van der Waals surface area contributed by atoms with Gasteiger partial charge in [-0.15, -0.1) is 47.5 Å². The van der Waals surface area contributed by atoms with Crippen molar-refractivity contribution in [1.29, 1.82) is 0 Å². The second-order valence-corrected chi connectivity index (χ2v) is 13.7. The molecule has 0 fully saturated rings. The predicted molar refractivity (Wildman–Crippen MR) is 207 cm³/mol. The van der Waals surface area contributed by atoms with Crippen LogP contribution < -0.4 is 0 Å². The van der Waals surface area contributed by atoms with Crippen LogP contribution in [-0.4, -0.2) is 9.97 Å². The Morgan fingerprint density at radius 3 is 1.10 bits per heavy atom. The van der Waals surface area contributed by atoms with Gasteiger partial charge in [-0.05, 0) is 95.7 Å². The monoisotopic (exact) mass is 1130 g/mol. The first-order chi connectivity index (χ1) is 23.3. The first-order valence-electron chi connectivity index (χ1n) is 15.9. The van der Waals surface area contributed by atoms with Gasteiger partial charge in [0.05, 0.1) is 0 Å². The van der Waals surface area contributed by atoms with Gasteiger partial charge >= 0.3 is 0 Å². The van der Waals surface area contributed by atoms with Crippen LogP contribution in [0.3, 0.4) is 0 Å². The molecule has 0 aliphatic carbocycles. The standard InChI is InChI=1S/C44H32Br2N2.2Ir/c1-27-28(2)44(38-16-8-6-14-34(38)36-22-20-32(26-40(36)46)42-18-10-12-24-48-42)30(4)29(3)43(27)37-15-7-5-13-33(37)35-21-19-31(25-39(35)45)41-17-9-11-23-47-41;;/h5-18,21-26H,1-4H3;;/q-2;;. The molecule has 2 aromatic heterocycles. The van der Waals surface area contributed by atoms with Crippen molar-refractivity contribution in [3.05, 3.63) is 165 Å². The van der Waals surface area contributed by atoms with E-state index in [9.17, 15) is 0 Å². The molecule has 2 nitrogen and oxygen atoms in total. The fraction of sp³-hybridized carbons (Fsp3) is 0.0909. The van der Waals surface area contributed by atoms with Gasteiger partial charge in [-0.25, -0.2) is 0 Å². The molecule has 0 bridgehead atoms. The molecular weight excluding hydrogens is 1100 g/mol. The molecule has 0 amide bonds. The van der Waals surface area contributed by atoms with Gasteiger partial charge in [-0.1, -0.05) is 136 Å². The molecule has 0 atom stereocenters. The van der Waals surface area contributed by atoms with Gasteiger partial charge in [0.25, 0.3) is 0 Å². The molecule has 0 N–H and O–H groups in total. The van der Waals surface area contributed by atoms with E-state index in [4.69, 9.17) is 0 Å². The first kappa shape index (κ1) is 37.9. The summed E-state index contributed by atoms with van der Waals surface area (Å²) in [6.07, 6.45) is 3.63. The number of hydrogen-bond acceptors (Lipinski definition) is 2. The SMILES string of the molecule is Cc1c(C)c(-c2ccccc2-c2c[c-]c(-c3ccccn3)cc2Br)c(C)c(C)c1-c1ccccc1-c1c[c-]c(-c2ccccn2)cc1Br.[Ir].[Ir]. The third-order valence-corrected chi connectivity index (χ3v) is 10.6. The Morgan fingerprint density at radius 2 is 0.780 bits per heavy atom. The van der Waals surface area contributed by atoms with E-state index in [1.807, 2.05) is 48.8 Å². The third kappa shape index (κ3) is 7.21. The van der Waals surface area contributed by atoms with Crippen molar-refractivity contribution < 1.29 is 40.2 Å². The minimum Gasteiger partial charge on any atom is -0.305 e. The molecule has 6 heteroatoms. The molecule has 0 spiro atoms. The van der Waals surface area contributed by atoms with E-state index < -0.39 is 0 Å². The fourth-order valence-corrected chi connectivity index (χ4v) is 7.79. The van der Waals surface area contributed by atoms with E-state index in [2.05, 4.69) is 154 Å². The van der Waals surface area contributed by atoms with Gasteiger partial charge < -0.3 is 9.97 Å². The molecule has 252 valence electrons. The molecule has 7 rings (SSSR count). The summed E-state index contributed by atoms with van der Waals surface area (Å²) in [4.78, 5) is 9.04. The summed E-state index contributed by atoms with van der Waals surface area (Å²) in [5, 5.41) is 0. The fourth-order valence-electron chi connectivity index (χ4n) is 6.68. The maximum absolute atomic E-state index is 4.52. The van der Waals surface area contributed by atoms with E-state index in [0.29, 0.717) is 0 Å². The molecule has 0 aliphatic rings. The van der Waals surface area contributed by atoms with Gasteiger partial charge in [0.1, 0.15) is 0 Å². The Labute approximate surface area is 338 Å². The second kappa shape index (κ2) is 16.3. The normalized spacial score (nSPS) is 10.7. The summed E-state index contributed by atoms with van der Waals surface area (Å²) in [7, 11) is 0. The average Bonchev–Trinajstić information content (AvgIpc) is 3.12. The molecule has 2 radical (unpaired) electrons. The van der Waals surface area contributed by atoms with E-state index in [0.717, 1.165) is 42.6 Å². The third-order valence-electron chi connectivity index (χ3n) is 9.28. The Kier molecular flexibility index (Phi) is 12.4. The summed E-state index contributed by atoms with van der Waals surface area (Å²) in [5.41, 5.74) is 18.3. The average molecular weight is 1130 g/mol. The van der Waals surface area contributed by atoms with Gasteiger partial charge in [-0.2, -0.15) is 0 Å². The second-order valence-electron chi connectivity index (χ2n) is 12.0. The molecule has 0 saturated carbocycles. The summed E-state index contributed by atoms with van der Waals surface area (Å²) in [6, 6.07) is 44.6. The predicted octanol–water partition coefficient (Wildman–Crippen LogP) is 12.8. The van der Waals surface area contributed by atoms with Crippen LogP contribution in [0.25, 0.3) is 67.0 Å². The molecule has 7 aromatic rings. The van der Waals surface area contributed by atoms with Crippen LogP contribution in [0.4, 0.5) is 0 Å². The molecule has 50 heavy (non-hydrogen) atoms. The van der Waals surface area contributed by atoms with Crippen molar-refractivity contribution in [3.63, 3.8) is 0 Å². The molecular formula is C44H32Br2Ir2N2-2. The number of nitrogens with zero attached hydrogens (tertiary/aromatic N) is 2. The molecule has 2 heterocycles. The van der Waals surface area contributed by atoms with Gasteiger partial charge in [-0.3, -0.25) is 0 Å². The molecule has 0 unspecified atom stereocenters. The zero-order valence-electron chi connectivity index (χ0n) is 27.9. The summed E-state index contributed by atoms with van der Waals surface area (Å²) >= 11 is 7.78. The number of halogens is 2. The van der Waals surface area contributed by atoms with Crippen LogP contribution in [0.15, 0.2) is 131 Å². The zero-order valence-corrected chi connectivity index (χ0v) is 35.8. The number of rotatable bonds is 6. The minimum atomic E-state index is 0. The topological polar surface area (TPSA) is 25.8 Å². The van der Waals surface area contributed by atoms with Crippen LogP contribution in [0.5, 0.6) is 0 Å². The zero-order chi connectivity index (χ0) is 33.4. The maximum atomic E-state index is 4.52. The van der Waals surface area contributed by atoms with E-state index in [-0.39, 0.29) is 40.2 Å². The van der Waals surface area contributed by atoms with E-state index in [1.54, 1.807) is 0 Å². The number of benzene rings is 5. The molecule has 0 saturated heterocycles. The van der Waals surface area contributed by atoms with Crippen molar-refractivity contribution in [2.75, 3.05) is 0 Å². The smallest absolute Gasteiger partial charge is 0.0160 e. The van der Waals surface area contributed by atoms with Crippen molar-refractivity contribution in [1.82, 2.24) is 9.97 Å². The first-order valence-corrected chi connectivity index (χ1v) is 17.5. The van der Waals surface area contributed by atoms with Gasteiger partial charge in [0, 0.05) is 52.6 Å². The summed E-state index contributed by atoms with van der Waals surface area (Å²) < 4.78 is 2.03. The van der Waals surface area contributed by atoms with Crippen LogP contribution in [-0.2, 0) is 40.2 Å². The number of aromatic nitrogens is 2.